The number of hydrogen-bond donors (Lipinski definition) is 2. The topological polar surface area (TPSA) is 79.6 Å². The van der Waals surface area contributed by atoms with Crippen molar-refractivity contribution in [1.29, 1.82) is 0 Å². The Bertz CT molecular complexity index is 1100. The summed E-state index contributed by atoms with van der Waals surface area (Å²) in [6.07, 6.45) is 5.65. The average Bonchev–Trinajstić information content (AvgIpc) is 3.36. The van der Waals surface area contributed by atoms with Gasteiger partial charge < -0.3 is 20.1 Å². The minimum absolute atomic E-state index is 0.271. The maximum atomic E-state index is 13.9. The van der Waals surface area contributed by atoms with Crippen LogP contribution in [0, 0.1) is 5.82 Å². The van der Waals surface area contributed by atoms with E-state index in [-0.39, 0.29) is 11.9 Å². The molecule has 5 rings (SSSR count). The molecular weight excluding hydrogens is 423 g/mol. The van der Waals surface area contributed by atoms with Gasteiger partial charge in [-0.25, -0.2) is 9.07 Å². The summed E-state index contributed by atoms with van der Waals surface area (Å²) in [7, 11) is 0. The van der Waals surface area contributed by atoms with Gasteiger partial charge in [0.05, 0.1) is 30.1 Å². The van der Waals surface area contributed by atoms with Crippen LogP contribution in [0.25, 0.3) is 5.69 Å². The lowest BCUT2D eigenvalue weighted by Crippen LogP contribution is -2.54. The molecule has 1 aliphatic carbocycles. The molecule has 0 radical (unpaired) electrons. The number of benzene rings is 2. The van der Waals surface area contributed by atoms with Crippen molar-refractivity contribution < 1.29 is 19.0 Å². The van der Waals surface area contributed by atoms with E-state index in [0.717, 1.165) is 36.2 Å². The second kappa shape index (κ2) is 9.23. The lowest BCUT2D eigenvalue weighted by molar-refractivity contribution is -0.129. The molecular formula is C25H27FN4O3. The Morgan fingerprint density at radius 1 is 1.18 bits per heavy atom. The maximum absolute atomic E-state index is 13.9. The van der Waals surface area contributed by atoms with E-state index in [0.29, 0.717) is 25.3 Å². The first-order valence-corrected chi connectivity index (χ1v) is 11.4. The van der Waals surface area contributed by atoms with Crippen LogP contribution >= 0.6 is 0 Å². The highest BCUT2D eigenvalue weighted by molar-refractivity contribution is 5.83. The van der Waals surface area contributed by atoms with Crippen LogP contribution in [0.3, 0.4) is 0 Å². The Labute approximate surface area is 191 Å². The molecule has 2 heterocycles. The average molecular weight is 451 g/mol. The molecule has 1 unspecified atom stereocenters. The van der Waals surface area contributed by atoms with Gasteiger partial charge in [-0.15, -0.1) is 0 Å². The van der Waals surface area contributed by atoms with Gasteiger partial charge >= 0.3 is 0 Å². The molecule has 33 heavy (non-hydrogen) atoms. The number of ether oxygens (including phenoxy) is 1. The molecule has 2 aromatic carbocycles. The zero-order valence-corrected chi connectivity index (χ0v) is 18.2. The van der Waals surface area contributed by atoms with Crippen molar-refractivity contribution in [2.24, 2.45) is 0 Å². The Kier molecular flexibility index (Phi) is 6.00. The molecule has 7 nitrogen and oxygen atoms in total. The van der Waals surface area contributed by atoms with Gasteiger partial charge in [0.2, 0.25) is 0 Å². The summed E-state index contributed by atoms with van der Waals surface area (Å²) in [6.45, 7) is 0.866. The first-order chi connectivity index (χ1) is 16.1. The fourth-order valence-corrected chi connectivity index (χ4v) is 4.57. The lowest BCUT2D eigenvalue weighted by Gasteiger charge is -2.37. The number of carbonyl (C=O) groups excluding carboxylic acids is 1. The SMILES string of the molecule is O=C(N[C@H]1CCCC[C@@H]1O)C1CN(Cc2ccc(-n3cccn3)cc2)c2ccc(F)cc2O1. The fourth-order valence-electron chi connectivity index (χ4n) is 4.57. The maximum Gasteiger partial charge on any atom is 0.263 e. The van der Waals surface area contributed by atoms with Gasteiger partial charge in [-0.1, -0.05) is 25.0 Å². The molecule has 172 valence electrons. The normalized spacial score (nSPS) is 22.4. The highest BCUT2D eigenvalue weighted by Crippen LogP contribution is 2.35. The molecule has 0 bridgehead atoms. The van der Waals surface area contributed by atoms with Crippen molar-refractivity contribution in [2.45, 2.75) is 50.5 Å². The predicted molar refractivity (Wildman–Crippen MR) is 122 cm³/mol. The summed E-state index contributed by atoms with van der Waals surface area (Å²) in [4.78, 5) is 15.0. The van der Waals surface area contributed by atoms with Gasteiger partial charge in [-0.3, -0.25) is 4.79 Å². The van der Waals surface area contributed by atoms with E-state index in [2.05, 4.69) is 10.4 Å². The lowest BCUT2D eigenvalue weighted by atomic mass is 9.92. The monoisotopic (exact) mass is 450 g/mol. The third kappa shape index (κ3) is 4.71. The van der Waals surface area contributed by atoms with Crippen LogP contribution in [-0.2, 0) is 11.3 Å². The number of aliphatic hydroxyl groups is 1. The van der Waals surface area contributed by atoms with Gasteiger partial charge in [0.25, 0.3) is 5.91 Å². The molecule has 8 heteroatoms. The number of hydrogen-bond acceptors (Lipinski definition) is 5. The number of aliphatic hydroxyl groups excluding tert-OH is 1. The fraction of sp³-hybridized carbons (Fsp3) is 0.360. The predicted octanol–water partition coefficient (Wildman–Crippen LogP) is 3.20. The van der Waals surface area contributed by atoms with Crippen molar-refractivity contribution in [3.05, 3.63) is 72.3 Å². The minimum atomic E-state index is -0.795. The highest BCUT2D eigenvalue weighted by atomic mass is 19.1. The highest BCUT2D eigenvalue weighted by Gasteiger charge is 2.34. The number of rotatable bonds is 5. The Hall–Kier alpha value is -3.39. The van der Waals surface area contributed by atoms with Crippen LogP contribution in [-0.4, -0.2) is 45.6 Å². The van der Waals surface area contributed by atoms with Crippen molar-refractivity contribution >= 4 is 11.6 Å². The Morgan fingerprint density at radius 2 is 2.00 bits per heavy atom. The van der Waals surface area contributed by atoms with Crippen LogP contribution < -0.4 is 15.0 Å². The van der Waals surface area contributed by atoms with E-state index in [4.69, 9.17) is 4.74 Å². The number of halogens is 1. The zero-order chi connectivity index (χ0) is 22.8. The summed E-state index contributed by atoms with van der Waals surface area (Å²) >= 11 is 0. The van der Waals surface area contributed by atoms with E-state index >= 15 is 0 Å². The quantitative estimate of drug-likeness (QED) is 0.624. The second-order valence-electron chi connectivity index (χ2n) is 8.68. The first kappa shape index (κ1) is 21.5. The number of amides is 1. The van der Waals surface area contributed by atoms with Crippen molar-refractivity contribution in [1.82, 2.24) is 15.1 Å². The first-order valence-electron chi connectivity index (χ1n) is 11.4. The van der Waals surface area contributed by atoms with E-state index in [9.17, 15) is 14.3 Å². The molecule has 0 spiro atoms. The van der Waals surface area contributed by atoms with Crippen molar-refractivity contribution in [3.63, 3.8) is 0 Å². The van der Waals surface area contributed by atoms with Gasteiger partial charge in [-0.2, -0.15) is 5.10 Å². The molecule has 1 saturated carbocycles. The molecule has 3 aromatic rings. The number of nitrogens with one attached hydrogen (secondary N) is 1. The molecule has 1 fully saturated rings. The summed E-state index contributed by atoms with van der Waals surface area (Å²) in [5.74, 6) is -0.352. The molecule has 1 aromatic heterocycles. The van der Waals surface area contributed by atoms with E-state index in [1.807, 2.05) is 41.4 Å². The van der Waals surface area contributed by atoms with Crippen molar-refractivity contribution in [2.75, 3.05) is 11.4 Å². The van der Waals surface area contributed by atoms with Crippen molar-refractivity contribution in [3.8, 4) is 11.4 Å². The van der Waals surface area contributed by atoms with Crippen LogP contribution in [0.2, 0.25) is 0 Å². The van der Waals surface area contributed by atoms with Crippen LogP contribution in [0.1, 0.15) is 31.2 Å². The molecule has 3 atom stereocenters. The number of fused-ring (bicyclic) bond motifs is 1. The number of nitrogens with zero attached hydrogens (tertiary/aromatic N) is 3. The van der Waals surface area contributed by atoms with Gasteiger partial charge in [0, 0.05) is 25.0 Å². The smallest absolute Gasteiger partial charge is 0.263 e. The van der Waals surface area contributed by atoms with Crippen LogP contribution in [0.5, 0.6) is 5.75 Å². The minimum Gasteiger partial charge on any atom is -0.476 e. The summed E-state index contributed by atoms with van der Waals surface area (Å²) in [5, 5.41) is 17.4. The molecule has 2 N–H and O–H groups in total. The number of carbonyl (C=O) groups is 1. The van der Waals surface area contributed by atoms with Gasteiger partial charge in [0.1, 0.15) is 11.6 Å². The van der Waals surface area contributed by atoms with Crippen LogP contribution in [0.4, 0.5) is 10.1 Å². The summed E-state index contributed by atoms with van der Waals surface area (Å²) in [5.41, 5.74) is 2.75. The standard InChI is InChI=1S/C25H27FN4O3/c26-18-8-11-21-23(14-18)33-24(25(32)28-20-4-1-2-5-22(20)31)16-29(21)15-17-6-9-19(10-7-17)30-13-3-12-27-30/h3,6-14,20,22,24,31H,1-2,4-5,15-16H2,(H,28,32)/t20-,22-,24?/m0/s1. The van der Waals surface area contributed by atoms with E-state index < -0.39 is 18.0 Å². The van der Waals surface area contributed by atoms with E-state index in [1.54, 1.807) is 16.9 Å². The number of anilines is 1. The zero-order valence-electron chi connectivity index (χ0n) is 18.2. The third-order valence-electron chi connectivity index (χ3n) is 6.35. The Morgan fingerprint density at radius 3 is 2.76 bits per heavy atom. The second-order valence-corrected chi connectivity index (χ2v) is 8.68. The molecule has 2 aliphatic rings. The van der Waals surface area contributed by atoms with Gasteiger partial charge in [0.15, 0.2) is 6.10 Å². The third-order valence-corrected chi connectivity index (χ3v) is 6.35. The van der Waals surface area contributed by atoms with Gasteiger partial charge in [-0.05, 0) is 48.7 Å². The summed E-state index contributed by atoms with van der Waals surface area (Å²) < 4.78 is 21.6. The summed E-state index contributed by atoms with van der Waals surface area (Å²) in [6, 6.07) is 14.0. The molecule has 0 saturated heterocycles. The Balaban J connectivity index is 1.34. The number of aromatic nitrogens is 2. The molecule has 1 amide bonds. The molecule has 1 aliphatic heterocycles. The van der Waals surface area contributed by atoms with E-state index in [1.165, 1.54) is 12.1 Å². The largest absolute Gasteiger partial charge is 0.476 e. The van der Waals surface area contributed by atoms with Crippen LogP contribution in [0.15, 0.2) is 60.9 Å².